The average Bonchev–Trinajstić information content (AvgIpc) is 4.31. The average molecular weight is 1020 g/mol. The van der Waals surface area contributed by atoms with Crippen molar-refractivity contribution >= 4 is 109 Å². The minimum atomic E-state index is -0.595. The maximum atomic E-state index is 2.57. The second-order valence-electron chi connectivity index (χ2n) is 22.8. The maximum Gasteiger partial charge on any atom is 0.0731 e. The molecule has 0 atom stereocenters. The largest absolute Gasteiger partial charge is 0.307 e. The lowest BCUT2D eigenvalue weighted by atomic mass is 9.68. The van der Waals surface area contributed by atoms with Gasteiger partial charge in [-0.2, -0.15) is 0 Å². The quantitative estimate of drug-likeness (QED) is 0.156. The van der Waals surface area contributed by atoms with E-state index in [2.05, 4.69) is 276 Å². The van der Waals surface area contributed by atoms with Crippen molar-refractivity contribution in [2.24, 2.45) is 0 Å². The zero-order valence-electron chi connectivity index (χ0n) is 43.8. The molecule has 0 aliphatic heterocycles. The molecule has 370 valence electrons. The van der Waals surface area contributed by atoms with E-state index in [1.807, 2.05) is 0 Å². The summed E-state index contributed by atoms with van der Waals surface area (Å²) < 4.78 is 5.13. The molecule has 0 N–H and O–H groups in total. The molecule has 2 aliphatic rings. The van der Waals surface area contributed by atoms with Gasteiger partial charge in [-0.05, 0) is 117 Å². The van der Waals surface area contributed by atoms with Gasteiger partial charge in [0.2, 0.25) is 0 Å². The maximum absolute atomic E-state index is 2.57. The van der Waals surface area contributed by atoms with Gasteiger partial charge in [0, 0.05) is 54.2 Å². The van der Waals surface area contributed by atoms with Gasteiger partial charge in [0.15, 0.2) is 0 Å². The SMILES string of the molecule is c1ccc2c(c1)-c1ccccc1C21c2ccc3ccccc3c2-c2cccc(-c3c4cccc(-c5cccc6c7cccc8c9ccccc9n(c56)c87)c4cc4c(-c5cccc6c7cccc8c9ccccc9n(c56)c87)cccc34)c21. The van der Waals surface area contributed by atoms with Crippen LogP contribution in [0.2, 0.25) is 0 Å². The van der Waals surface area contributed by atoms with Crippen molar-refractivity contribution in [2.45, 2.75) is 5.41 Å². The molecule has 81 heavy (non-hydrogen) atoms. The minimum absolute atomic E-state index is 0.595. The molecule has 0 fully saturated rings. The third-order valence-electron chi connectivity index (χ3n) is 19.4. The predicted molar refractivity (Wildman–Crippen MR) is 341 cm³/mol. The second-order valence-corrected chi connectivity index (χ2v) is 22.8. The standard InChI is InChI=1S/C79H44N2/c1-2-19-46-45(18-1)42-43-69-73(46)64-37-17-36-63(74(64)79(69)67-38-7-3-20-49(67)50-21-4-8-39-68(50)79)72-53-26-11-24-47(55-28-13-32-59-61-34-15-30-57-51-22-5-9-40-70(51)80(75(55)59)77(57)61)65(53)44-66-48(25-12-27-54(66)72)56-29-14-33-60-62-35-16-31-58-52-23-6-10-41-71(52)81(76(56)60)78(58)62/h1-44H. The van der Waals surface area contributed by atoms with Gasteiger partial charge < -0.3 is 8.80 Å². The van der Waals surface area contributed by atoms with Gasteiger partial charge in [-0.15, -0.1) is 0 Å². The molecule has 14 aromatic carbocycles. The van der Waals surface area contributed by atoms with Crippen molar-refractivity contribution in [2.75, 3.05) is 0 Å². The van der Waals surface area contributed by atoms with Crippen molar-refractivity contribution in [3.05, 3.63) is 289 Å². The first-order chi connectivity index (χ1) is 40.3. The number of fused-ring (bicyclic) bond motifs is 26. The number of hydrogen-bond donors (Lipinski definition) is 0. The fourth-order valence-corrected chi connectivity index (χ4v) is 16.5. The summed E-state index contributed by atoms with van der Waals surface area (Å²) in [5.74, 6) is 0. The van der Waals surface area contributed by atoms with E-state index in [4.69, 9.17) is 0 Å². The topological polar surface area (TPSA) is 8.82 Å². The van der Waals surface area contributed by atoms with Crippen LogP contribution in [0.5, 0.6) is 0 Å². The Morgan fingerprint density at radius 1 is 0.210 bits per heavy atom. The van der Waals surface area contributed by atoms with E-state index in [-0.39, 0.29) is 0 Å². The molecule has 0 saturated heterocycles. The molecule has 0 bridgehead atoms. The Kier molecular flexibility index (Phi) is 7.85. The highest BCUT2D eigenvalue weighted by Crippen LogP contribution is 2.66. The molecule has 0 radical (unpaired) electrons. The van der Waals surface area contributed by atoms with Crippen LogP contribution in [0.1, 0.15) is 22.3 Å². The van der Waals surface area contributed by atoms with E-state index in [0.29, 0.717) is 0 Å². The number of nitrogens with zero attached hydrogens (tertiary/aromatic N) is 2. The normalized spacial score (nSPS) is 13.5. The molecule has 18 aromatic rings. The van der Waals surface area contributed by atoms with Gasteiger partial charge in [-0.3, -0.25) is 0 Å². The Hall–Kier alpha value is -10.5. The van der Waals surface area contributed by atoms with Gasteiger partial charge in [-0.25, -0.2) is 0 Å². The Morgan fingerprint density at radius 3 is 1.14 bits per heavy atom. The molecule has 2 nitrogen and oxygen atoms in total. The number of aromatic nitrogens is 2. The summed E-state index contributed by atoms with van der Waals surface area (Å²) in [5.41, 5.74) is 25.0. The van der Waals surface area contributed by atoms with Gasteiger partial charge in [0.25, 0.3) is 0 Å². The summed E-state index contributed by atoms with van der Waals surface area (Å²) in [6, 6.07) is 102. The molecule has 1 spiro atoms. The van der Waals surface area contributed by atoms with E-state index in [9.17, 15) is 0 Å². The van der Waals surface area contributed by atoms with Crippen molar-refractivity contribution in [3.8, 4) is 55.6 Å². The third kappa shape index (κ3) is 5.00. The minimum Gasteiger partial charge on any atom is -0.307 e. The highest BCUT2D eigenvalue weighted by atomic mass is 14.9. The number of para-hydroxylation sites is 6. The molecule has 4 aromatic heterocycles. The molecular weight excluding hydrogens is 977 g/mol. The van der Waals surface area contributed by atoms with Crippen LogP contribution in [0.3, 0.4) is 0 Å². The van der Waals surface area contributed by atoms with E-state index < -0.39 is 5.41 Å². The molecule has 0 amide bonds. The van der Waals surface area contributed by atoms with Crippen molar-refractivity contribution in [1.82, 2.24) is 8.80 Å². The van der Waals surface area contributed by atoms with Crippen molar-refractivity contribution in [1.29, 1.82) is 0 Å². The van der Waals surface area contributed by atoms with Gasteiger partial charge in [0.05, 0.1) is 38.5 Å². The summed E-state index contributed by atoms with van der Waals surface area (Å²) in [6.07, 6.45) is 0. The third-order valence-corrected chi connectivity index (χ3v) is 19.4. The van der Waals surface area contributed by atoms with Gasteiger partial charge in [-0.1, -0.05) is 249 Å². The lowest BCUT2D eigenvalue weighted by Gasteiger charge is -2.33. The Bertz CT molecular complexity index is 5560. The van der Waals surface area contributed by atoms with E-state index >= 15 is 0 Å². The van der Waals surface area contributed by atoms with Crippen LogP contribution in [0.4, 0.5) is 0 Å². The molecule has 0 unspecified atom stereocenters. The fraction of sp³-hybridized carbons (Fsp3) is 0.0127. The molecule has 4 heterocycles. The first kappa shape index (κ1) is 42.5. The molecule has 20 rings (SSSR count). The first-order valence-corrected chi connectivity index (χ1v) is 28.4. The predicted octanol–water partition coefficient (Wildman–Crippen LogP) is 20.8. The van der Waals surface area contributed by atoms with E-state index in [1.165, 1.54) is 186 Å². The summed E-state index contributed by atoms with van der Waals surface area (Å²) in [6.45, 7) is 0. The summed E-state index contributed by atoms with van der Waals surface area (Å²) in [5, 5.41) is 17.7. The zero-order valence-corrected chi connectivity index (χ0v) is 43.8. The van der Waals surface area contributed by atoms with Gasteiger partial charge >= 0.3 is 0 Å². The smallest absolute Gasteiger partial charge is 0.0731 e. The Morgan fingerprint density at radius 2 is 0.580 bits per heavy atom. The highest BCUT2D eigenvalue weighted by Gasteiger charge is 2.53. The molecule has 2 heteroatoms. The van der Waals surface area contributed by atoms with Crippen LogP contribution in [0, 0.1) is 0 Å². The first-order valence-electron chi connectivity index (χ1n) is 28.4. The van der Waals surface area contributed by atoms with Crippen LogP contribution < -0.4 is 0 Å². The van der Waals surface area contributed by atoms with Crippen LogP contribution in [0.15, 0.2) is 267 Å². The number of hydrogen-bond acceptors (Lipinski definition) is 0. The molecule has 2 aliphatic carbocycles. The Labute approximate surface area is 464 Å². The summed E-state index contributed by atoms with van der Waals surface area (Å²) in [4.78, 5) is 0. The summed E-state index contributed by atoms with van der Waals surface area (Å²) >= 11 is 0. The van der Waals surface area contributed by atoms with Crippen LogP contribution in [-0.4, -0.2) is 8.80 Å². The van der Waals surface area contributed by atoms with E-state index in [1.54, 1.807) is 0 Å². The summed E-state index contributed by atoms with van der Waals surface area (Å²) in [7, 11) is 0. The van der Waals surface area contributed by atoms with Crippen molar-refractivity contribution in [3.63, 3.8) is 0 Å². The van der Waals surface area contributed by atoms with Crippen LogP contribution in [-0.2, 0) is 5.41 Å². The lowest BCUT2D eigenvalue weighted by molar-refractivity contribution is 0.796. The zero-order chi connectivity index (χ0) is 52.4. The monoisotopic (exact) mass is 1020 g/mol. The van der Waals surface area contributed by atoms with Crippen molar-refractivity contribution < 1.29 is 0 Å². The number of rotatable bonds is 3. The van der Waals surface area contributed by atoms with Crippen LogP contribution in [0.25, 0.3) is 164 Å². The Balaban J connectivity index is 0.979. The molecular formula is C79H44N2. The number of benzene rings is 14. The van der Waals surface area contributed by atoms with E-state index in [0.717, 1.165) is 0 Å². The van der Waals surface area contributed by atoms with Crippen LogP contribution >= 0.6 is 0 Å². The second kappa shape index (κ2) is 15.0. The lowest BCUT2D eigenvalue weighted by Crippen LogP contribution is -2.26. The fourth-order valence-electron chi connectivity index (χ4n) is 16.5. The van der Waals surface area contributed by atoms with Gasteiger partial charge in [0.1, 0.15) is 0 Å². The highest BCUT2D eigenvalue weighted by molar-refractivity contribution is 6.29. The molecule has 0 saturated carbocycles.